The maximum Gasteiger partial charge on any atom is 0.148 e. The van der Waals surface area contributed by atoms with E-state index in [-0.39, 0.29) is 6.61 Å². The highest BCUT2D eigenvalue weighted by Crippen LogP contribution is 2.19. The van der Waals surface area contributed by atoms with Crippen molar-refractivity contribution in [3.63, 3.8) is 0 Å². The molecule has 0 spiro atoms. The molecule has 0 amide bonds. The molecule has 0 aliphatic heterocycles. The molecule has 154 valence electrons. The highest BCUT2D eigenvalue weighted by atomic mass is 16.5. The topological polar surface area (TPSA) is 56.5 Å². The van der Waals surface area contributed by atoms with Crippen LogP contribution in [0, 0.1) is 0 Å². The Morgan fingerprint density at radius 2 is 1.57 bits per heavy atom. The number of nitrogens with zero attached hydrogens (tertiary/aromatic N) is 2. The molecule has 5 heteroatoms. The van der Waals surface area contributed by atoms with Crippen LogP contribution in [0.1, 0.15) is 18.3 Å². The molecule has 0 bridgehead atoms. The molecular weight excluding hydrogens is 376 g/mol. The summed E-state index contributed by atoms with van der Waals surface area (Å²) < 4.78 is 13.7. The van der Waals surface area contributed by atoms with Crippen molar-refractivity contribution in [2.24, 2.45) is 0 Å². The first-order valence-corrected chi connectivity index (χ1v) is 10.2. The van der Waals surface area contributed by atoms with Gasteiger partial charge in [0.1, 0.15) is 36.6 Å². The predicted octanol–water partition coefficient (Wildman–Crippen LogP) is 4.62. The fourth-order valence-electron chi connectivity index (χ4n) is 3.38. The van der Waals surface area contributed by atoms with E-state index in [0.29, 0.717) is 13.2 Å². The van der Waals surface area contributed by atoms with E-state index < -0.39 is 6.10 Å². The lowest BCUT2D eigenvalue weighted by Gasteiger charge is -2.16. The lowest BCUT2D eigenvalue weighted by Crippen LogP contribution is -2.25. The second kappa shape index (κ2) is 9.46. The van der Waals surface area contributed by atoms with Crippen LogP contribution < -0.4 is 9.47 Å². The van der Waals surface area contributed by atoms with Gasteiger partial charge in [-0.1, -0.05) is 49.4 Å². The number of hydrogen-bond donors (Lipinski definition) is 1. The van der Waals surface area contributed by atoms with Crippen LogP contribution >= 0.6 is 0 Å². The Hall–Kier alpha value is -3.31. The molecule has 0 fully saturated rings. The standard InChI is InChI=1S/C25H26N2O3/c1-2-19-12-14-22(15-13-19)29-17-20(28)16-27-24-11-7-6-10-23(24)26-25(27)18-30-21-8-4-3-5-9-21/h3-15,20,28H,2,16-18H2,1H3. The van der Waals surface area contributed by atoms with Gasteiger partial charge in [-0.15, -0.1) is 0 Å². The summed E-state index contributed by atoms with van der Waals surface area (Å²) in [5, 5.41) is 10.6. The van der Waals surface area contributed by atoms with Crippen molar-refractivity contribution >= 4 is 11.0 Å². The number of aryl methyl sites for hydroxylation is 1. The number of aliphatic hydroxyl groups excluding tert-OH is 1. The molecule has 0 radical (unpaired) electrons. The molecule has 1 aromatic heterocycles. The number of para-hydroxylation sites is 3. The van der Waals surface area contributed by atoms with Crippen molar-refractivity contribution in [3.05, 3.63) is 90.3 Å². The van der Waals surface area contributed by atoms with E-state index in [2.05, 4.69) is 6.92 Å². The molecule has 0 aliphatic carbocycles. The van der Waals surface area contributed by atoms with Crippen molar-refractivity contribution in [1.29, 1.82) is 0 Å². The van der Waals surface area contributed by atoms with Gasteiger partial charge in [-0.05, 0) is 48.4 Å². The maximum atomic E-state index is 10.6. The summed E-state index contributed by atoms with van der Waals surface area (Å²) in [4.78, 5) is 4.70. The third-order valence-corrected chi connectivity index (χ3v) is 5.01. The predicted molar refractivity (Wildman–Crippen MR) is 118 cm³/mol. The van der Waals surface area contributed by atoms with E-state index >= 15 is 0 Å². The minimum Gasteiger partial charge on any atom is -0.491 e. The van der Waals surface area contributed by atoms with Crippen molar-refractivity contribution in [1.82, 2.24) is 9.55 Å². The minimum atomic E-state index is -0.677. The van der Waals surface area contributed by atoms with Crippen LogP contribution in [-0.4, -0.2) is 27.4 Å². The van der Waals surface area contributed by atoms with Crippen LogP contribution in [0.4, 0.5) is 0 Å². The van der Waals surface area contributed by atoms with E-state index in [9.17, 15) is 5.11 Å². The Labute approximate surface area is 176 Å². The number of hydrogen-bond acceptors (Lipinski definition) is 4. The van der Waals surface area contributed by atoms with E-state index in [1.165, 1.54) is 5.56 Å². The first kappa shape index (κ1) is 20.0. The first-order chi connectivity index (χ1) is 14.7. The van der Waals surface area contributed by atoms with Crippen LogP contribution in [0.5, 0.6) is 11.5 Å². The number of imidazole rings is 1. The van der Waals surface area contributed by atoms with Crippen LogP contribution in [-0.2, 0) is 19.6 Å². The van der Waals surface area contributed by atoms with Crippen molar-refractivity contribution in [3.8, 4) is 11.5 Å². The molecular formula is C25H26N2O3. The van der Waals surface area contributed by atoms with Crippen LogP contribution in [0.15, 0.2) is 78.9 Å². The summed E-state index contributed by atoms with van der Waals surface area (Å²) >= 11 is 0. The van der Waals surface area contributed by atoms with E-state index in [4.69, 9.17) is 14.5 Å². The zero-order chi connectivity index (χ0) is 20.8. The largest absolute Gasteiger partial charge is 0.491 e. The van der Waals surface area contributed by atoms with Gasteiger partial charge in [0.25, 0.3) is 0 Å². The smallest absolute Gasteiger partial charge is 0.148 e. The molecule has 0 saturated heterocycles. The molecule has 3 aromatic carbocycles. The molecule has 1 atom stereocenters. The summed E-state index contributed by atoms with van der Waals surface area (Å²) in [6.45, 7) is 3.02. The normalized spacial score (nSPS) is 12.1. The Balaban J connectivity index is 1.46. The highest BCUT2D eigenvalue weighted by Gasteiger charge is 2.15. The number of rotatable bonds is 9. The summed E-state index contributed by atoms with van der Waals surface area (Å²) in [6, 6.07) is 25.5. The van der Waals surface area contributed by atoms with Gasteiger partial charge in [0, 0.05) is 0 Å². The van der Waals surface area contributed by atoms with Crippen molar-refractivity contribution in [2.45, 2.75) is 32.6 Å². The molecule has 30 heavy (non-hydrogen) atoms. The van der Waals surface area contributed by atoms with Crippen LogP contribution in [0.25, 0.3) is 11.0 Å². The first-order valence-electron chi connectivity index (χ1n) is 10.2. The zero-order valence-corrected chi connectivity index (χ0v) is 17.1. The van der Waals surface area contributed by atoms with Gasteiger partial charge in [-0.3, -0.25) is 0 Å². The zero-order valence-electron chi connectivity index (χ0n) is 17.1. The van der Waals surface area contributed by atoms with Crippen molar-refractivity contribution in [2.75, 3.05) is 6.61 Å². The molecule has 4 aromatic rings. The monoisotopic (exact) mass is 402 g/mol. The Kier molecular flexibility index (Phi) is 6.30. The molecule has 0 saturated carbocycles. The number of ether oxygens (including phenoxy) is 2. The average molecular weight is 402 g/mol. The quantitative estimate of drug-likeness (QED) is 0.444. The maximum absolute atomic E-state index is 10.6. The van der Waals surface area contributed by atoms with Gasteiger partial charge in [0.15, 0.2) is 0 Å². The van der Waals surface area contributed by atoms with E-state index in [1.807, 2.05) is 83.4 Å². The average Bonchev–Trinajstić information content (AvgIpc) is 3.14. The summed E-state index contributed by atoms with van der Waals surface area (Å²) in [5.74, 6) is 2.32. The van der Waals surface area contributed by atoms with Gasteiger partial charge in [0.05, 0.1) is 17.6 Å². The van der Waals surface area contributed by atoms with Crippen molar-refractivity contribution < 1.29 is 14.6 Å². The Morgan fingerprint density at radius 3 is 2.33 bits per heavy atom. The number of fused-ring (bicyclic) bond motifs is 1. The summed E-state index contributed by atoms with van der Waals surface area (Å²) in [6.07, 6.45) is 0.314. The molecule has 1 N–H and O–H groups in total. The molecule has 1 heterocycles. The molecule has 0 aliphatic rings. The van der Waals surface area contributed by atoms with Gasteiger partial charge in [-0.2, -0.15) is 0 Å². The van der Waals surface area contributed by atoms with Crippen LogP contribution in [0.2, 0.25) is 0 Å². The number of benzene rings is 3. The number of aliphatic hydroxyl groups is 1. The lowest BCUT2D eigenvalue weighted by atomic mass is 10.2. The number of aromatic nitrogens is 2. The second-order valence-corrected chi connectivity index (χ2v) is 7.19. The Bertz CT molecular complexity index is 1070. The summed E-state index contributed by atoms with van der Waals surface area (Å²) in [7, 11) is 0. The molecule has 1 unspecified atom stereocenters. The Morgan fingerprint density at radius 1 is 0.867 bits per heavy atom. The third-order valence-electron chi connectivity index (χ3n) is 5.01. The fourth-order valence-corrected chi connectivity index (χ4v) is 3.38. The van der Waals surface area contributed by atoms with Gasteiger partial charge < -0.3 is 19.1 Å². The minimum absolute atomic E-state index is 0.205. The van der Waals surface area contributed by atoms with Gasteiger partial charge in [0.2, 0.25) is 0 Å². The fraction of sp³-hybridized carbons (Fsp3) is 0.240. The third kappa shape index (κ3) is 4.81. The van der Waals surface area contributed by atoms with E-state index in [0.717, 1.165) is 34.8 Å². The van der Waals surface area contributed by atoms with Gasteiger partial charge >= 0.3 is 0 Å². The second-order valence-electron chi connectivity index (χ2n) is 7.19. The van der Waals surface area contributed by atoms with Crippen LogP contribution in [0.3, 0.4) is 0 Å². The lowest BCUT2D eigenvalue weighted by molar-refractivity contribution is 0.0917. The molecule has 5 nitrogen and oxygen atoms in total. The van der Waals surface area contributed by atoms with E-state index in [1.54, 1.807) is 0 Å². The highest BCUT2D eigenvalue weighted by molar-refractivity contribution is 5.75. The van der Waals surface area contributed by atoms with Gasteiger partial charge in [-0.25, -0.2) is 4.98 Å². The SMILES string of the molecule is CCc1ccc(OCC(O)Cn2c(COc3ccccc3)nc3ccccc32)cc1. The summed E-state index contributed by atoms with van der Waals surface area (Å²) in [5.41, 5.74) is 3.11. The molecule has 4 rings (SSSR count).